The highest BCUT2D eigenvalue weighted by Gasteiger charge is 2.30. The monoisotopic (exact) mass is 121 g/mol. The van der Waals surface area contributed by atoms with Crippen molar-refractivity contribution in [2.45, 2.75) is 20.3 Å². The highest BCUT2D eigenvalue weighted by atomic mass is 14.4. The lowest BCUT2D eigenvalue weighted by Crippen LogP contribution is -2.24. The Labute approximate surface area is 56.0 Å². The van der Waals surface area contributed by atoms with Crippen molar-refractivity contribution in [2.24, 2.45) is 11.8 Å². The summed E-state index contributed by atoms with van der Waals surface area (Å²) in [5, 5.41) is 8.49. The molecule has 0 unspecified atom stereocenters. The largest absolute Gasteiger partial charge is 0.198 e. The van der Waals surface area contributed by atoms with Crippen LogP contribution < -0.4 is 0 Å². The number of nitriles is 1. The van der Waals surface area contributed by atoms with E-state index in [4.69, 9.17) is 5.26 Å². The van der Waals surface area contributed by atoms with Crippen molar-refractivity contribution in [3.05, 3.63) is 11.6 Å². The lowest BCUT2D eigenvalue weighted by atomic mass is 9.71. The summed E-state index contributed by atoms with van der Waals surface area (Å²) in [5.74, 6) is 0.830. The Morgan fingerprint density at radius 2 is 2.44 bits per heavy atom. The smallest absolute Gasteiger partial charge is 0.0665 e. The Kier molecular flexibility index (Phi) is 1.57. The first-order chi connectivity index (χ1) is 4.29. The zero-order valence-electron chi connectivity index (χ0n) is 5.89. The Bertz CT molecular complexity index is 173. The summed E-state index contributed by atoms with van der Waals surface area (Å²) >= 11 is 0. The number of nitrogens with zero attached hydrogens (tertiary/aromatic N) is 1. The zero-order valence-corrected chi connectivity index (χ0v) is 5.89. The second kappa shape index (κ2) is 2.23. The molecule has 1 nitrogen and oxygen atoms in total. The van der Waals surface area contributed by atoms with E-state index in [9.17, 15) is 0 Å². The van der Waals surface area contributed by atoms with Gasteiger partial charge >= 0.3 is 0 Å². The van der Waals surface area contributed by atoms with Crippen LogP contribution in [0.3, 0.4) is 0 Å². The summed E-state index contributed by atoms with van der Waals surface area (Å²) in [4.78, 5) is 0. The van der Waals surface area contributed by atoms with Crippen LogP contribution in [0.1, 0.15) is 20.3 Å². The van der Waals surface area contributed by atoms with Gasteiger partial charge in [-0.3, -0.25) is 0 Å². The van der Waals surface area contributed by atoms with Gasteiger partial charge in [-0.2, -0.15) is 5.26 Å². The van der Waals surface area contributed by atoms with E-state index in [0.717, 1.165) is 6.42 Å². The molecule has 0 bridgehead atoms. The molecule has 0 aromatic carbocycles. The van der Waals surface area contributed by atoms with Crippen LogP contribution in [0.15, 0.2) is 11.6 Å². The van der Waals surface area contributed by atoms with Crippen molar-refractivity contribution in [1.29, 1.82) is 5.26 Å². The summed E-state index contributed by atoms with van der Waals surface area (Å²) in [6, 6.07) is 2.27. The number of rotatable bonds is 0. The standard InChI is InChI=1S/C8H11N/c1-3-7-4-8(5-9)6(7)2/h3,6,8H,4H2,1-2H3/b7-3+/t6-,8-/m0/s1. The molecule has 1 saturated carbocycles. The first-order valence-corrected chi connectivity index (χ1v) is 3.34. The van der Waals surface area contributed by atoms with Gasteiger partial charge in [-0.15, -0.1) is 0 Å². The molecule has 1 aliphatic carbocycles. The SMILES string of the molecule is C/C=C1\C[C@@H](C#N)[C@H]1C. The van der Waals surface area contributed by atoms with Gasteiger partial charge in [0.1, 0.15) is 0 Å². The third-order valence-corrected chi connectivity index (χ3v) is 2.18. The average molecular weight is 121 g/mol. The van der Waals surface area contributed by atoms with E-state index in [0.29, 0.717) is 11.8 Å². The van der Waals surface area contributed by atoms with Gasteiger partial charge in [0.15, 0.2) is 0 Å². The summed E-state index contributed by atoms with van der Waals surface area (Å²) in [5.41, 5.74) is 1.45. The number of hydrogen-bond acceptors (Lipinski definition) is 1. The predicted octanol–water partition coefficient (Wildman–Crippen LogP) is 2.11. The van der Waals surface area contributed by atoms with E-state index < -0.39 is 0 Å². The van der Waals surface area contributed by atoms with Crippen molar-refractivity contribution in [3.63, 3.8) is 0 Å². The molecule has 0 amide bonds. The summed E-state index contributed by atoms with van der Waals surface area (Å²) in [6.45, 7) is 4.16. The molecule has 0 saturated heterocycles. The average Bonchev–Trinajstić information content (AvgIpc) is 1.87. The molecule has 0 radical (unpaired) electrons. The van der Waals surface area contributed by atoms with E-state index >= 15 is 0 Å². The second-order valence-electron chi connectivity index (χ2n) is 2.59. The summed E-state index contributed by atoms with van der Waals surface area (Å²) < 4.78 is 0. The maximum absolute atomic E-state index is 8.49. The minimum atomic E-state index is 0.302. The van der Waals surface area contributed by atoms with E-state index in [1.165, 1.54) is 5.57 Å². The summed E-state index contributed by atoms with van der Waals surface area (Å²) in [7, 11) is 0. The molecule has 48 valence electrons. The molecule has 0 N–H and O–H groups in total. The van der Waals surface area contributed by atoms with Crippen LogP contribution in [-0.4, -0.2) is 0 Å². The van der Waals surface area contributed by atoms with Crippen LogP contribution in [0.5, 0.6) is 0 Å². The molecule has 1 fully saturated rings. The molecular weight excluding hydrogens is 110 g/mol. The predicted molar refractivity (Wildman–Crippen MR) is 36.6 cm³/mol. The lowest BCUT2D eigenvalue weighted by Gasteiger charge is -2.31. The fourth-order valence-electron chi connectivity index (χ4n) is 1.25. The second-order valence-corrected chi connectivity index (χ2v) is 2.59. The van der Waals surface area contributed by atoms with E-state index in [1.54, 1.807) is 0 Å². The van der Waals surface area contributed by atoms with E-state index in [2.05, 4.69) is 19.1 Å². The molecular formula is C8H11N. The van der Waals surface area contributed by atoms with Gasteiger partial charge in [0.05, 0.1) is 12.0 Å². The highest BCUT2D eigenvalue weighted by molar-refractivity contribution is 5.21. The van der Waals surface area contributed by atoms with Gasteiger partial charge in [0.2, 0.25) is 0 Å². The minimum absolute atomic E-state index is 0.302. The fraction of sp³-hybridized carbons (Fsp3) is 0.625. The van der Waals surface area contributed by atoms with Crippen LogP contribution in [0.2, 0.25) is 0 Å². The van der Waals surface area contributed by atoms with Gasteiger partial charge in [-0.1, -0.05) is 18.6 Å². The fourth-order valence-corrected chi connectivity index (χ4v) is 1.25. The summed E-state index contributed by atoms with van der Waals surface area (Å²) in [6.07, 6.45) is 3.13. The molecule has 0 aliphatic heterocycles. The Morgan fingerprint density at radius 3 is 2.78 bits per heavy atom. The molecule has 0 aromatic heterocycles. The molecule has 1 heteroatoms. The molecule has 9 heavy (non-hydrogen) atoms. The van der Waals surface area contributed by atoms with Gasteiger partial charge in [-0.05, 0) is 19.3 Å². The van der Waals surface area contributed by atoms with E-state index in [-0.39, 0.29) is 0 Å². The number of allylic oxidation sites excluding steroid dienone is 2. The molecule has 1 rings (SSSR count). The van der Waals surface area contributed by atoms with Crippen LogP contribution in [-0.2, 0) is 0 Å². The first-order valence-electron chi connectivity index (χ1n) is 3.34. The van der Waals surface area contributed by atoms with Gasteiger partial charge in [0.25, 0.3) is 0 Å². The van der Waals surface area contributed by atoms with Crippen LogP contribution in [0, 0.1) is 23.2 Å². The van der Waals surface area contributed by atoms with Crippen LogP contribution >= 0.6 is 0 Å². The third-order valence-electron chi connectivity index (χ3n) is 2.18. The minimum Gasteiger partial charge on any atom is -0.198 e. The van der Waals surface area contributed by atoms with Crippen molar-refractivity contribution in [1.82, 2.24) is 0 Å². The van der Waals surface area contributed by atoms with Crippen molar-refractivity contribution in [2.75, 3.05) is 0 Å². The maximum Gasteiger partial charge on any atom is 0.0665 e. The molecule has 0 heterocycles. The van der Waals surface area contributed by atoms with Gasteiger partial charge in [0, 0.05) is 0 Å². The Hall–Kier alpha value is -0.770. The Balaban J connectivity index is 2.54. The van der Waals surface area contributed by atoms with Gasteiger partial charge in [-0.25, -0.2) is 0 Å². The van der Waals surface area contributed by atoms with Crippen LogP contribution in [0.25, 0.3) is 0 Å². The molecule has 0 aromatic rings. The van der Waals surface area contributed by atoms with Gasteiger partial charge < -0.3 is 0 Å². The first kappa shape index (κ1) is 6.35. The van der Waals surface area contributed by atoms with Crippen molar-refractivity contribution in [3.8, 4) is 6.07 Å². The topological polar surface area (TPSA) is 23.8 Å². The Morgan fingerprint density at radius 1 is 1.78 bits per heavy atom. The van der Waals surface area contributed by atoms with E-state index in [1.807, 2.05) is 6.92 Å². The van der Waals surface area contributed by atoms with Crippen LogP contribution in [0.4, 0.5) is 0 Å². The highest BCUT2D eigenvalue weighted by Crippen LogP contribution is 2.38. The zero-order chi connectivity index (χ0) is 6.85. The maximum atomic E-state index is 8.49. The van der Waals surface area contributed by atoms with Crippen molar-refractivity contribution < 1.29 is 0 Å². The number of hydrogen-bond donors (Lipinski definition) is 0. The molecule has 0 spiro atoms. The molecule has 1 aliphatic rings. The van der Waals surface area contributed by atoms with Crippen molar-refractivity contribution >= 4 is 0 Å². The third kappa shape index (κ3) is 0.853. The normalized spacial score (nSPS) is 37.7. The molecule has 2 atom stereocenters. The quantitative estimate of drug-likeness (QED) is 0.450. The lowest BCUT2D eigenvalue weighted by molar-refractivity contribution is 0.376.